The van der Waals surface area contributed by atoms with E-state index in [1.807, 2.05) is 56.3 Å². The van der Waals surface area contributed by atoms with E-state index in [2.05, 4.69) is 22.2 Å². The summed E-state index contributed by atoms with van der Waals surface area (Å²) in [5.41, 5.74) is 7.59. The molecule has 0 amide bonds. The van der Waals surface area contributed by atoms with Crippen LogP contribution in [0.15, 0.2) is 54.7 Å². The van der Waals surface area contributed by atoms with Gasteiger partial charge < -0.3 is 15.6 Å². The van der Waals surface area contributed by atoms with E-state index in [1.165, 1.54) is 0 Å². The number of thiocarbonyl (C=S) groups is 1. The SMILES string of the molecule is CC(C)Oc1ccccc1CN.OC(=S)c1ccc2cccnc2n1. The van der Waals surface area contributed by atoms with Gasteiger partial charge in [0.2, 0.25) is 5.05 Å². The Balaban J connectivity index is 0.000000181. The molecule has 0 saturated carbocycles. The van der Waals surface area contributed by atoms with Crippen molar-refractivity contribution >= 4 is 28.3 Å². The molecule has 0 bridgehead atoms. The molecule has 130 valence electrons. The minimum atomic E-state index is -0.201. The highest BCUT2D eigenvalue weighted by Crippen LogP contribution is 2.18. The van der Waals surface area contributed by atoms with Crippen molar-refractivity contribution in [2.24, 2.45) is 5.73 Å². The summed E-state index contributed by atoms with van der Waals surface area (Å²) in [6.07, 6.45) is 1.86. The molecule has 2 heterocycles. The van der Waals surface area contributed by atoms with E-state index >= 15 is 0 Å². The molecular formula is C19H21N3O2S. The topological polar surface area (TPSA) is 81.3 Å². The van der Waals surface area contributed by atoms with Gasteiger partial charge in [-0.15, -0.1) is 0 Å². The van der Waals surface area contributed by atoms with E-state index in [9.17, 15) is 0 Å². The van der Waals surface area contributed by atoms with Crippen molar-refractivity contribution in [3.63, 3.8) is 0 Å². The Morgan fingerprint density at radius 2 is 1.92 bits per heavy atom. The van der Waals surface area contributed by atoms with E-state index in [0.29, 0.717) is 17.9 Å². The minimum absolute atomic E-state index is 0.201. The van der Waals surface area contributed by atoms with Gasteiger partial charge in [-0.05, 0) is 56.4 Å². The number of aromatic nitrogens is 2. The summed E-state index contributed by atoms with van der Waals surface area (Å²) in [4.78, 5) is 8.11. The van der Waals surface area contributed by atoms with Gasteiger partial charge in [0.15, 0.2) is 5.65 Å². The maximum absolute atomic E-state index is 9.02. The number of para-hydroxylation sites is 1. The Labute approximate surface area is 152 Å². The number of aliphatic hydroxyl groups excluding tert-OH is 1. The first kappa shape index (κ1) is 18.8. The average Bonchev–Trinajstić information content (AvgIpc) is 2.62. The second-order valence-electron chi connectivity index (χ2n) is 5.53. The zero-order chi connectivity index (χ0) is 18.2. The second kappa shape index (κ2) is 9.05. The minimum Gasteiger partial charge on any atom is -0.497 e. The van der Waals surface area contributed by atoms with Gasteiger partial charge in [0.05, 0.1) is 6.10 Å². The molecule has 0 radical (unpaired) electrons. The quantitative estimate of drug-likeness (QED) is 0.693. The molecule has 25 heavy (non-hydrogen) atoms. The molecule has 3 rings (SSSR count). The number of nitrogens with zero attached hydrogens (tertiary/aromatic N) is 2. The third-order valence-electron chi connectivity index (χ3n) is 3.24. The lowest BCUT2D eigenvalue weighted by Crippen LogP contribution is -2.08. The number of hydrogen-bond donors (Lipinski definition) is 2. The highest BCUT2D eigenvalue weighted by molar-refractivity contribution is 7.80. The lowest BCUT2D eigenvalue weighted by Gasteiger charge is -2.12. The molecule has 0 saturated heterocycles. The van der Waals surface area contributed by atoms with E-state index in [1.54, 1.807) is 12.3 Å². The summed E-state index contributed by atoms with van der Waals surface area (Å²) in [5, 5.41) is 9.76. The van der Waals surface area contributed by atoms with Crippen molar-refractivity contribution in [1.29, 1.82) is 0 Å². The van der Waals surface area contributed by atoms with E-state index in [4.69, 9.17) is 15.6 Å². The lowest BCUT2D eigenvalue weighted by molar-refractivity contribution is 0.240. The van der Waals surface area contributed by atoms with E-state index < -0.39 is 0 Å². The van der Waals surface area contributed by atoms with Crippen LogP contribution in [0.2, 0.25) is 0 Å². The summed E-state index contributed by atoms with van der Waals surface area (Å²) < 4.78 is 5.56. The number of nitrogens with two attached hydrogens (primary N) is 1. The second-order valence-corrected chi connectivity index (χ2v) is 5.92. The maximum atomic E-state index is 9.02. The number of hydrogen-bond acceptors (Lipinski definition) is 5. The van der Waals surface area contributed by atoms with Crippen LogP contribution in [0.5, 0.6) is 5.75 Å². The third kappa shape index (κ3) is 5.48. The van der Waals surface area contributed by atoms with E-state index in [0.717, 1.165) is 16.7 Å². The summed E-state index contributed by atoms with van der Waals surface area (Å²) in [7, 11) is 0. The van der Waals surface area contributed by atoms with Crippen molar-refractivity contribution in [3.05, 3.63) is 66.0 Å². The van der Waals surface area contributed by atoms with Gasteiger partial charge in [-0.1, -0.05) is 18.2 Å². The molecule has 0 atom stereocenters. The monoisotopic (exact) mass is 355 g/mol. The molecule has 5 nitrogen and oxygen atoms in total. The zero-order valence-corrected chi connectivity index (χ0v) is 15.0. The molecule has 3 aromatic rings. The average molecular weight is 355 g/mol. The highest BCUT2D eigenvalue weighted by atomic mass is 32.1. The first-order valence-corrected chi connectivity index (χ1v) is 8.31. The van der Waals surface area contributed by atoms with Gasteiger partial charge in [-0.3, -0.25) is 0 Å². The fourth-order valence-electron chi connectivity index (χ4n) is 2.11. The predicted molar refractivity (Wildman–Crippen MR) is 104 cm³/mol. The van der Waals surface area contributed by atoms with Crippen LogP contribution >= 0.6 is 12.2 Å². The predicted octanol–water partition coefficient (Wildman–Crippen LogP) is 3.80. The number of rotatable bonds is 4. The van der Waals surface area contributed by atoms with Crippen LogP contribution < -0.4 is 10.5 Å². The van der Waals surface area contributed by atoms with Gasteiger partial charge in [-0.2, -0.15) is 0 Å². The van der Waals surface area contributed by atoms with E-state index in [-0.39, 0.29) is 11.2 Å². The standard InChI is InChI=1S/C10H15NO.C9H6N2OS/c1-8(2)12-10-6-4-3-5-9(10)7-11;12-9(13)7-4-3-6-2-1-5-10-8(6)11-7/h3-6,8H,7,11H2,1-2H3;1-5H,(H,12,13). The van der Waals surface area contributed by atoms with Gasteiger partial charge in [0.1, 0.15) is 11.4 Å². The van der Waals surface area contributed by atoms with Gasteiger partial charge in [0, 0.05) is 23.7 Å². The van der Waals surface area contributed by atoms with Crippen molar-refractivity contribution in [3.8, 4) is 5.75 Å². The molecule has 0 unspecified atom stereocenters. The Kier molecular flexibility index (Phi) is 6.80. The van der Waals surface area contributed by atoms with Crippen LogP contribution in [0.3, 0.4) is 0 Å². The van der Waals surface area contributed by atoms with Crippen LogP contribution in [-0.4, -0.2) is 26.2 Å². The molecule has 0 fully saturated rings. The van der Waals surface area contributed by atoms with Gasteiger partial charge in [-0.25, -0.2) is 9.97 Å². The summed E-state index contributed by atoms with van der Waals surface area (Å²) >= 11 is 4.59. The first-order chi connectivity index (χ1) is 12.0. The Morgan fingerprint density at radius 1 is 1.16 bits per heavy atom. The number of benzene rings is 1. The molecule has 1 aromatic carbocycles. The summed E-state index contributed by atoms with van der Waals surface area (Å²) in [5.74, 6) is 0.898. The molecule has 0 aliphatic heterocycles. The number of pyridine rings is 2. The Morgan fingerprint density at radius 3 is 2.60 bits per heavy atom. The fourth-order valence-corrected chi connectivity index (χ4v) is 2.23. The third-order valence-corrected chi connectivity index (χ3v) is 3.45. The number of aliphatic hydroxyl groups is 1. The molecular weight excluding hydrogens is 334 g/mol. The molecule has 0 spiro atoms. The lowest BCUT2D eigenvalue weighted by atomic mass is 10.2. The summed E-state index contributed by atoms with van der Waals surface area (Å²) in [6, 6.07) is 15.1. The summed E-state index contributed by atoms with van der Waals surface area (Å²) in [6.45, 7) is 4.55. The largest absolute Gasteiger partial charge is 0.497 e. The van der Waals surface area contributed by atoms with Crippen molar-refractivity contribution < 1.29 is 9.84 Å². The Bertz CT molecular complexity index is 853. The van der Waals surface area contributed by atoms with Crippen molar-refractivity contribution in [2.45, 2.75) is 26.5 Å². The fraction of sp³-hybridized carbons (Fsp3) is 0.211. The van der Waals surface area contributed by atoms with Crippen molar-refractivity contribution in [1.82, 2.24) is 9.97 Å². The molecule has 2 aromatic heterocycles. The number of fused-ring (bicyclic) bond motifs is 1. The maximum Gasteiger partial charge on any atom is 0.207 e. The molecule has 6 heteroatoms. The highest BCUT2D eigenvalue weighted by Gasteiger charge is 2.02. The van der Waals surface area contributed by atoms with Crippen molar-refractivity contribution in [2.75, 3.05) is 0 Å². The van der Waals surface area contributed by atoms with Crippen LogP contribution in [0, 0.1) is 0 Å². The normalized spacial score (nSPS) is 10.2. The number of ether oxygens (including phenoxy) is 1. The molecule has 0 aliphatic carbocycles. The smallest absolute Gasteiger partial charge is 0.207 e. The Hall–Kier alpha value is -2.57. The first-order valence-electron chi connectivity index (χ1n) is 7.91. The zero-order valence-electron chi connectivity index (χ0n) is 14.2. The van der Waals surface area contributed by atoms with Gasteiger partial charge >= 0.3 is 0 Å². The molecule has 3 N–H and O–H groups in total. The van der Waals surface area contributed by atoms with Crippen LogP contribution in [0.25, 0.3) is 11.0 Å². The molecule has 0 aliphatic rings. The van der Waals surface area contributed by atoms with Gasteiger partial charge in [0.25, 0.3) is 0 Å². The van der Waals surface area contributed by atoms with Crippen LogP contribution in [-0.2, 0) is 6.54 Å². The van der Waals surface area contributed by atoms with Crippen LogP contribution in [0.1, 0.15) is 25.1 Å². The van der Waals surface area contributed by atoms with Crippen LogP contribution in [0.4, 0.5) is 0 Å².